The molecule has 0 saturated heterocycles. The second kappa shape index (κ2) is 4.49. The van der Waals surface area contributed by atoms with Gasteiger partial charge in [0.25, 0.3) is 0 Å². The number of ether oxygens (including phenoxy) is 1. The molecule has 2 aromatic rings. The van der Waals surface area contributed by atoms with E-state index >= 15 is 0 Å². The van der Waals surface area contributed by atoms with E-state index in [1.165, 1.54) is 0 Å². The fourth-order valence-electron chi connectivity index (χ4n) is 1.24. The van der Waals surface area contributed by atoms with Gasteiger partial charge in [-0.2, -0.15) is 0 Å². The van der Waals surface area contributed by atoms with Crippen molar-refractivity contribution in [2.45, 2.75) is 0 Å². The predicted octanol–water partition coefficient (Wildman–Crippen LogP) is 3.40. The number of rotatable bonds is 3. The Kier molecular flexibility index (Phi) is 2.87. The number of benzene rings is 1. The minimum Gasteiger partial charge on any atom is -0.506 e. The van der Waals surface area contributed by atoms with Crippen LogP contribution in [-0.2, 0) is 0 Å². The highest BCUT2D eigenvalue weighted by Crippen LogP contribution is 2.19. The van der Waals surface area contributed by atoms with Crippen molar-refractivity contribution in [2.24, 2.45) is 0 Å². The monoisotopic (exact) mass is 213 g/mol. The maximum Gasteiger partial charge on any atom is 0.219 e. The molecule has 2 rings (SSSR count). The topological polar surface area (TPSA) is 42.4 Å². The highest BCUT2D eigenvalue weighted by Gasteiger charge is 2.01. The minimum absolute atomic E-state index is 0.0708. The molecular weight excluding hydrogens is 202 g/mol. The average molecular weight is 213 g/mol. The molecule has 3 heteroatoms. The van der Waals surface area contributed by atoms with Crippen molar-refractivity contribution in [1.82, 2.24) is 4.98 Å². The second-order valence-electron chi connectivity index (χ2n) is 3.22. The summed E-state index contributed by atoms with van der Waals surface area (Å²) in [6.45, 7) is 3.41. The lowest BCUT2D eigenvalue weighted by Gasteiger charge is -2.05. The largest absolute Gasteiger partial charge is 0.506 e. The van der Waals surface area contributed by atoms with Crippen LogP contribution in [0.4, 0.5) is 0 Å². The molecule has 0 radical (unpaired) electrons. The van der Waals surface area contributed by atoms with E-state index in [-0.39, 0.29) is 5.76 Å². The first kappa shape index (κ1) is 10.2. The van der Waals surface area contributed by atoms with Crippen molar-refractivity contribution < 1.29 is 9.84 Å². The Morgan fingerprint density at radius 3 is 2.50 bits per heavy atom. The molecule has 0 aliphatic rings. The highest BCUT2D eigenvalue weighted by atomic mass is 16.5. The summed E-state index contributed by atoms with van der Waals surface area (Å²) in [5, 5.41) is 9.20. The van der Waals surface area contributed by atoms with Gasteiger partial charge >= 0.3 is 0 Å². The maximum absolute atomic E-state index is 9.20. The zero-order valence-corrected chi connectivity index (χ0v) is 8.63. The molecule has 3 nitrogen and oxygen atoms in total. The minimum atomic E-state index is -0.0708. The smallest absolute Gasteiger partial charge is 0.219 e. The van der Waals surface area contributed by atoms with Crippen molar-refractivity contribution in [3.05, 3.63) is 60.8 Å². The Morgan fingerprint density at radius 2 is 1.81 bits per heavy atom. The van der Waals surface area contributed by atoms with Gasteiger partial charge in [-0.05, 0) is 18.2 Å². The van der Waals surface area contributed by atoms with Gasteiger partial charge in [0.1, 0.15) is 17.2 Å². The average Bonchev–Trinajstić information content (AvgIpc) is 2.30. The Hall–Kier alpha value is -2.29. The lowest BCUT2D eigenvalue weighted by molar-refractivity contribution is 0.458. The summed E-state index contributed by atoms with van der Waals surface area (Å²) in [5.41, 5.74) is 0.411. The number of para-hydroxylation sites is 1. The van der Waals surface area contributed by atoms with Crippen LogP contribution < -0.4 is 4.74 Å². The van der Waals surface area contributed by atoms with E-state index in [9.17, 15) is 5.11 Å². The van der Waals surface area contributed by atoms with Crippen molar-refractivity contribution in [3.8, 4) is 11.6 Å². The standard InChI is InChI=1S/C13H11NO2/c1-10(15)12-8-5-9-13(14-12)16-11-6-3-2-4-7-11/h2-9,15H,1H2. The van der Waals surface area contributed by atoms with Crippen LogP contribution in [0.15, 0.2) is 55.1 Å². The van der Waals surface area contributed by atoms with Gasteiger partial charge in [0, 0.05) is 6.07 Å². The third-order valence-electron chi connectivity index (χ3n) is 1.98. The number of aromatic nitrogens is 1. The highest BCUT2D eigenvalue weighted by molar-refractivity contribution is 5.52. The molecule has 0 unspecified atom stereocenters. The summed E-state index contributed by atoms with van der Waals surface area (Å²) in [6, 6.07) is 14.5. The summed E-state index contributed by atoms with van der Waals surface area (Å²) < 4.78 is 5.51. The molecule has 0 atom stereocenters. The predicted molar refractivity (Wildman–Crippen MR) is 62.4 cm³/mol. The first-order chi connectivity index (χ1) is 7.75. The molecule has 1 aromatic heterocycles. The van der Waals surface area contributed by atoms with Crippen LogP contribution >= 0.6 is 0 Å². The van der Waals surface area contributed by atoms with Crippen LogP contribution in [0.1, 0.15) is 5.69 Å². The third kappa shape index (κ3) is 2.39. The Balaban J connectivity index is 2.22. The van der Waals surface area contributed by atoms with Crippen molar-refractivity contribution in [3.63, 3.8) is 0 Å². The molecule has 1 N–H and O–H groups in total. The van der Waals surface area contributed by atoms with Crippen molar-refractivity contribution >= 4 is 5.76 Å². The normalized spacial score (nSPS) is 9.75. The quantitative estimate of drug-likeness (QED) is 0.794. The number of hydrogen-bond donors (Lipinski definition) is 1. The summed E-state index contributed by atoms with van der Waals surface area (Å²) in [7, 11) is 0. The molecule has 0 fully saturated rings. The van der Waals surface area contributed by atoms with Crippen molar-refractivity contribution in [1.29, 1.82) is 0 Å². The molecule has 16 heavy (non-hydrogen) atoms. The summed E-state index contributed by atoms with van der Waals surface area (Å²) in [5.74, 6) is 1.06. The van der Waals surface area contributed by atoms with Gasteiger partial charge in [-0.1, -0.05) is 30.8 Å². The maximum atomic E-state index is 9.20. The van der Waals surface area contributed by atoms with E-state index < -0.39 is 0 Å². The first-order valence-corrected chi connectivity index (χ1v) is 4.84. The zero-order chi connectivity index (χ0) is 11.4. The van der Waals surface area contributed by atoms with Crippen LogP contribution in [0.5, 0.6) is 11.6 Å². The Morgan fingerprint density at radius 1 is 1.06 bits per heavy atom. The van der Waals surface area contributed by atoms with Gasteiger partial charge < -0.3 is 9.84 Å². The van der Waals surface area contributed by atoms with Crippen LogP contribution in [0.25, 0.3) is 5.76 Å². The third-order valence-corrected chi connectivity index (χ3v) is 1.98. The van der Waals surface area contributed by atoms with E-state index in [1.807, 2.05) is 30.3 Å². The molecule has 0 saturated carbocycles. The van der Waals surface area contributed by atoms with E-state index in [2.05, 4.69) is 11.6 Å². The summed E-state index contributed by atoms with van der Waals surface area (Å²) >= 11 is 0. The molecule has 1 heterocycles. The van der Waals surface area contributed by atoms with Gasteiger partial charge in [0.2, 0.25) is 5.88 Å². The van der Waals surface area contributed by atoms with E-state index in [0.717, 1.165) is 0 Å². The van der Waals surface area contributed by atoms with Crippen LogP contribution in [0.3, 0.4) is 0 Å². The van der Waals surface area contributed by atoms with E-state index in [1.54, 1.807) is 18.2 Å². The Labute approximate surface area is 93.7 Å². The van der Waals surface area contributed by atoms with E-state index in [0.29, 0.717) is 17.3 Å². The number of nitrogens with zero attached hydrogens (tertiary/aromatic N) is 1. The van der Waals surface area contributed by atoms with Gasteiger partial charge in [0.15, 0.2) is 0 Å². The van der Waals surface area contributed by atoms with Gasteiger partial charge in [-0.25, -0.2) is 4.98 Å². The summed E-state index contributed by atoms with van der Waals surface area (Å²) in [6.07, 6.45) is 0. The number of aliphatic hydroxyl groups excluding tert-OH is 1. The molecule has 0 bridgehead atoms. The number of pyridine rings is 1. The molecule has 80 valence electrons. The Bertz CT molecular complexity index is 494. The lowest BCUT2D eigenvalue weighted by atomic mass is 10.3. The molecular formula is C13H11NO2. The van der Waals surface area contributed by atoms with E-state index in [4.69, 9.17) is 4.74 Å². The van der Waals surface area contributed by atoms with Gasteiger partial charge in [0.05, 0.1) is 0 Å². The molecule has 1 aromatic carbocycles. The lowest BCUT2D eigenvalue weighted by Crippen LogP contribution is -1.91. The molecule has 0 spiro atoms. The SMILES string of the molecule is C=C(O)c1cccc(Oc2ccccc2)n1. The van der Waals surface area contributed by atoms with Gasteiger partial charge in [-0.15, -0.1) is 0 Å². The van der Waals surface area contributed by atoms with Gasteiger partial charge in [-0.3, -0.25) is 0 Å². The number of hydrogen-bond acceptors (Lipinski definition) is 3. The number of aliphatic hydroxyl groups is 1. The molecule has 0 amide bonds. The fraction of sp³-hybridized carbons (Fsp3) is 0. The fourth-order valence-corrected chi connectivity index (χ4v) is 1.24. The van der Waals surface area contributed by atoms with Crippen LogP contribution in [-0.4, -0.2) is 10.1 Å². The molecule has 0 aliphatic carbocycles. The zero-order valence-electron chi connectivity index (χ0n) is 8.63. The van der Waals surface area contributed by atoms with Crippen LogP contribution in [0, 0.1) is 0 Å². The first-order valence-electron chi connectivity index (χ1n) is 4.84. The van der Waals surface area contributed by atoms with Crippen LogP contribution in [0.2, 0.25) is 0 Å². The van der Waals surface area contributed by atoms with Crippen molar-refractivity contribution in [2.75, 3.05) is 0 Å². The molecule has 0 aliphatic heterocycles. The second-order valence-corrected chi connectivity index (χ2v) is 3.22. The summed E-state index contributed by atoms with van der Waals surface area (Å²) in [4.78, 5) is 4.10.